The third-order valence-corrected chi connectivity index (χ3v) is 5.76. The van der Waals surface area contributed by atoms with E-state index in [4.69, 9.17) is 0 Å². The standard InChI is InChI=1S/C14H23NO2/c16-15(17)8-7-10-5-6-13-11-3-1-2-4-12(11)14(13)9-10/h10-14H,1-9H2. The Balaban J connectivity index is 1.53. The molecule has 3 rings (SSSR count). The summed E-state index contributed by atoms with van der Waals surface area (Å²) in [5.74, 6) is 4.67. The molecule has 96 valence electrons. The molecule has 5 unspecified atom stereocenters. The molecule has 0 N–H and O–H groups in total. The largest absolute Gasteiger partial charge is 0.265 e. The van der Waals surface area contributed by atoms with Gasteiger partial charge < -0.3 is 0 Å². The highest BCUT2D eigenvalue weighted by Crippen LogP contribution is 2.60. The van der Waals surface area contributed by atoms with Crippen molar-refractivity contribution in [3.8, 4) is 0 Å². The summed E-state index contributed by atoms with van der Waals surface area (Å²) in [5, 5.41) is 10.4. The molecule has 3 aliphatic rings. The fourth-order valence-electron chi connectivity index (χ4n) is 5.00. The third-order valence-electron chi connectivity index (χ3n) is 5.76. The number of nitro groups is 1. The van der Waals surface area contributed by atoms with Gasteiger partial charge in [0.25, 0.3) is 0 Å². The van der Waals surface area contributed by atoms with E-state index in [9.17, 15) is 10.1 Å². The van der Waals surface area contributed by atoms with Crippen LogP contribution < -0.4 is 0 Å². The first-order valence-electron chi connectivity index (χ1n) is 7.37. The van der Waals surface area contributed by atoms with Crippen LogP contribution in [0.3, 0.4) is 0 Å². The van der Waals surface area contributed by atoms with E-state index in [1.807, 2.05) is 0 Å². The van der Waals surface area contributed by atoms with Gasteiger partial charge in [-0.15, -0.1) is 0 Å². The lowest BCUT2D eigenvalue weighted by atomic mass is 9.47. The number of hydrogen-bond acceptors (Lipinski definition) is 2. The molecule has 0 aromatic carbocycles. The minimum absolute atomic E-state index is 0.143. The van der Waals surface area contributed by atoms with Crippen molar-refractivity contribution in [3.63, 3.8) is 0 Å². The Labute approximate surface area is 103 Å². The molecule has 3 nitrogen and oxygen atoms in total. The Morgan fingerprint density at radius 2 is 1.59 bits per heavy atom. The molecule has 0 aromatic heterocycles. The van der Waals surface area contributed by atoms with Gasteiger partial charge in [0, 0.05) is 11.3 Å². The van der Waals surface area contributed by atoms with E-state index in [1.54, 1.807) is 0 Å². The van der Waals surface area contributed by atoms with Crippen LogP contribution in [0.1, 0.15) is 51.4 Å². The van der Waals surface area contributed by atoms with E-state index in [1.165, 1.54) is 44.9 Å². The molecule has 5 atom stereocenters. The molecule has 3 saturated carbocycles. The fourth-order valence-corrected chi connectivity index (χ4v) is 5.00. The predicted molar refractivity (Wildman–Crippen MR) is 66.2 cm³/mol. The van der Waals surface area contributed by atoms with Gasteiger partial charge in [-0.05, 0) is 61.7 Å². The van der Waals surface area contributed by atoms with Crippen LogP contribution in [0, 0.1) is 39.7 Å². The van der Waals surface area contributed by atoms with Crippen LogP contribution >= 0.6 is 0 Å². The maximum atomic E-state index is 10.4. The minimum atomic E-state index is -0.143. The van der Waals surface area contributed by atoms with Crippen LogP contribution in [0.25, 0.3) is 0 Å². The molecular weight excluding hydrogens is 214 g/mol. The summed E-state index contributed by atoms with van der Waals surface area (Å²) in [6.07, 6.45) is 10.6. The molecule has 0 radical (unpaired) electrons. The third kappa shape index (κ3) is 2.09. The number of nitrogens with zero attached hydrogens (tertiary/aromatic N) is 1. The van der Waals surface area contributed by atoms with Crippen molar-refractivity contribution < 1.29 is 4.92 Å². The van der Waals surface area contributed by atoms with E-state index < -0.39 is 0 Å². The zero-order valence-corrected chi connectivity index (χ0v) is 10.5. The van der Waals surface area contributed by atoms with Crippen LogP contribution in [-0.4, -0.2) is 11.5 Å². The van der Waals surface area contributed by atoms with Gasteiger partial charge in [-0.2, -0.15) is 0 Å². The summed E-state index contributed by atoms with van der Waals surface area (Å²) < 4.78 is 0. The molecule has 0 saturated heterocycles. The van der Waals surface area contributed by atoms with Gasteiger partial charge in [-0.1, -0.05) is 12.8 Å². The normalized spacial score (nSPS) is 44.4. The molecule has 0 aromatic rings. The van der Waals surface area contributed by atoms with Crippen molar-refractivity contribution in [2.24, 2.45) is 29.6 Å². The Morgan fingerprint density at radius 1 is 0.941 bits per heavy atom. The quantitative estimate of drug-likeness (QED) is 0.557. The monoisotopic (exact) mass is 237 g/mol. The first-order chi connectivity index (χ1) is 8.25. The van der Waals surface area contributed by atoms with Gasteiger partial charge in [0.1, 0.15) is 0 Å². The first kappa shape index (κ1) is 11.5. The van der Waals surface area contributed by atoms with Crippen molar-refractivity contribution >= 4 is 0 Å². The lowest BCUT2D eigenvalue weighted by molar-refractivity contribution is -0.482. The van der Waals surface area contributed by atoms with Gasteiger partial charge in [-0.25, -0.2) is 0 Å². The highest BCUT2D eigenvalue weighted by atomic mass is 16.6. The first-order valence-corrected chi connectivity index (χ1v) is 7.37. The average Bonchev–Trinajstić information content (AvgIpc) is 2.33. The highest BCUT2D eigenvalue weighted by molar-refractivity contribution is 5.01. The van der Waals surface area contributed by atoms with Crippen molar-refractivity contribution in [3.05, 3.63) is 10.1 Å². The van der Waals surface area contributed by atoms with Crippen molar-refractivity contribution in [1.82, 2.24) is 0 Å². The Bertz CT molecular complexity index is 299. The molecular formula is C14H23NO2. The van der Waals surface area contributed by atoms with Crippen LogP contribution in [0.5, 0.6) is 0 Å². The van der Waals surface area contributed by atoms with Crippen LogP contribution in [0.2, 0.25) is 0 Å². The lowest BCUT2D eigenvalue weighted by Gasteiger charge is -2.58. The molecule has 3 heteroatoms. The van der Waals surface area contributed by atoms with Crippen molar-refractivity contribution in [2.45, 2.75) is 51.4 Å². The maximum absolute atomic E-state index is 10.4. The Hall–Kier alpha value is -0.600. The summed E-state index contributed by atoms with van der Waals surface area (Å²) in [7, 11) is 0. The molecule has 0 amide bonds. The van der Waals surface area contributed by atoms with Crippen molar-refractivity contribution in [2.75, 3.05) is 6.54 Å². The Morgan fingerprint density at radius 3 is 2.29 bits per heavy atom. The molecule has 3 fully saturated rings. The molecule has 0 bridgehead atoms. The van der Waals surface area contributed by atoms with Gasteiger partial charge in [0.2, 0.25) is 6.54 Å². The second-order valence-electron chi connectivity index (χ2n) is 6.46. The Kier molecular flexibility index (Phi) is 3.10. The minimum Gasteiger partial charge on any atom is -0.265 e. The van der Waals surface area contributed by atoms with E-state index in [2.05, 4.69) is 0 Å². The lowest BCUT2D eigenvalue weighted by Crippen LogP contribution is -2.51. The average molecular weight is 237 g/mol. The van der Waals surface area contributed by atoms with Crippen LogP contribution in [0.15, 0.2) is 0 Å². The second-order valence-corrected chi connectivity index (χ2v) is 6.46. The van der Waals surface area contributed by atoms with E-state index in [0.717, 1.165) is 30.1 Å². The number of fused-ring (bicyclic) bond motifs is 4. The maximum Gasteiger partial charge on any atom is 0.204 e. The van der Waals surface area contributed by atoms with E-state index in [0.29, 0.717) is 5.92 Å². The van der Waals surface area contributed by atoms with Crippen molar-refractivity contribution in [1.29, 1.82) is 0 Å². The van der Waals surface area contributed by atoms with Crippen LogP contribution in [0.4, 0.5) is 0 Å². The zero-order valence-electron chi connectivity index (χ0n) is 10.5. The number of hydrogen-bond donors (Lipinski definition) is 0. The van der Waals surface area contributed by atoms with Crippen LogP contribution in [-0.2, 0) is 0 Å². The second kappa shape index (κ2) is 4.58. The topological polar surface area (TPSA) is 43.1 Å². The molecule has 0 spiro atoms. The van der Waals surface area contributed by atoms with E-state index >= 15 is 0 Å². The van der Waals surface area contributed by atoms with Gasteiger partial charge in [0.15, 0.2) is 0 Å². The summed E-state index contributed by atoms with van der Waals surface area (Å²) in [6.45, 7) is 0.191. The highest BCUT2D eigenvalue weighted by Gasteiger charge is 2.52. The summed E-state index contributed by atoms with van der Waals surface area (Å²) >= 11 is 0. The molecule has 3 aliphatic carbocycles. The SMILES string of the molecule is O=[N+]([O-])CCC1CCC2C3CCCCC3C2C1. The fraction of sp³-hybridized carbons (Fsp3) is 1.00. The van der Waals surface area contributed by atoms with E-state index in [-0.39, 0.29) is 11.5 Å². The summed E-state index contributed by atoms with van der Waals surface area (Å²) in [4.78, 5) is 10.3. The predicted octanol–water partition coefficient (Wildman–Crippen LogP) is 3.51. The summed E-state index contributed by atoms with van der Waals surface area (Å²) in [5.41, 5.74) is 0. The molecule has 0 aliphatic heterocycles. The van der Waals surface area contributed by atoms with Gasteiger partial charge in [-0.3, -0.25) is 10.1 Å². The molecule has 17 heavy (non-hydrogen) atoms. The van der Waals surface area contributed by atoms with Gasteiger partial charge >= 0.3 is 0 Å². The molecule has 0 heterocycles. The number of rotatable bonds is 3. The zero-order chi connectivity index (χ0) is 11.8. The summed E-state index contributed by atoms with van der Waals surface area (Å²) in [6, 6.07) is 0. The smallest absolute Gasteiger partial charge is 0.204 e. The van der Waals surface area contributed by atoms with Gasteiger partial charge in [0.05, 0.1) is 0 Å².